The van der Waals surface area contributed by atoms with Crippen molar-refractivity contribution in [2.24, 2.45) is 0 Å². The molecule has 2 N–H and O–H groups in total. The molecule has 0 saturated carbocycles. The Balaban J connectivity index is 2.23. The Hall–Kier alpha value is -1.89. The summed E-state index contributed by atoms with van der Waals surface area (Å²) in [5, 5.41) is 12.6. The molecule has 1 aliphatic rings. The lowest BCUT2D eigenvalue weighted by atomic mass is 9.88. The first-order valence-corrected chi connectivity index (χ1v) is 7.59. The van der Waals surface area contributed by atoms with E-state index in [4.69, 9.17) is 0 Å². The number of carbonyl (C=O) groups excluding carboxylic acids is 2. The summed E-state index contributed by atoms with van der Waals surface area (Å²) in [6, 6.07) is 3.27. The third-order valence-corrected chi connectivity index (χ3v) is 4.70. The zero-order valence-electron chi connectivity index (χ0n) is 12.0. The van der Waals surface area contributed by atoms with Crippen molar-refractivity contribution in [3.8, 4) is 0 Å². The van der Waals surface area contributed by atoms with Gasteiger partial charge in [-0.15, -0.1) is 11.3 Å². The molecular weight excluding hydrogens is 292 g/mol. The number of carboxylic acid groups (broad SMARTS) is 1. The fourth-order valence-corrected chi connectivity index (χ4v) is 3.40. The number of rotatable bonds is 3. The fraction of sp³-hybridized carbons (Fsp3) is 0.500. The van der Waals surface area contributed by atoms with E-state index in [1.165, 1.54) is 11.8 Å². The number of piperidine rings is 1. The lowest BCUT2D eigenvalue weighted by molar-refractivity contribution is -0.150. The van der Waals surface area contributed by atoms with Crippen LogP contribution < -0.4 is 5.32 Å². The maximum atomic E-state index is 12.6. The Morgan fingerprint density at radius 1 is 1.33 bits per heavy atom. The largest absolute Gasteiger partial charge is 0.480 e. The second-order valence-electron chi connectivity index (χ2n) is 5.34. The van der Waals surface area contributed by atoms with Gasteiger partial charge >= 0.3 is 5.97 Å². The Bertz CT molecular complexity index is 583. The lowest BCUT2D eigenvalue weighted by Gasteiger charge is -2.41. The van der Waals surface area contributed by atoms with Gasteiger partial charge in [-0.1, -0.05) is 0 Å². The van der Waals surface area contributed by atoms with Gasteiger partial charge in [-0.2, -0.15) is 0 Å². The van der Waals surface area contributed by atoms with E-state index in [1.807, 2.05) is 0 Å². The molecule has 1 atom stereocenters. The van der Waals surface area contributed by atoms with Crippen LogP contribution in [0.2, 0.25) is 0 Å². The molecule has 114 valence electrons. The van der Waals surface area contributed by atoms with Gasteiger partial charge in [0, 0.05) is 13.5 Å². The van der Waals surface area contributed by atoms with E-state index < -0.39 is 11.5 Å². The van der Waals surface area contributed by atoms with Gasteiger partial charge < -0.3 is 15.3 Å². The van der Waals surface area contributed by atoms with Crippen molar-refractivity contribution in [1.82, 2.24) is 4.90 Å². The van der Waals surface area contributed by atoms with Crippen LogP contribution in [0.4, 0.5) is 5.00 Å². The van der Waals surface area contributed by atoms with Gasteiger partial charge in [0.2, 0.25) is 5.91 Å². The van der Waals surface area contributed by atoms with Crippen molar-refractivity contribution < 1.29 is 19.5 Å². The molecule has 1 saturated heterocycles. The number of thiophene rings is 1. The zero-order valence-corrected chi connectivity index (χ0v) is 12.8. The molecule has 1 aromatic rings. The minimum Gasteiger partial charge on any atom is -0.480 e. The van der Waals surface area contributed by atoms with Crippen molar-refractivity contribution in [1.29, 1.82) is 0 Å². The van der Waals surface area contributed by atoms with Crippen molar-refractivity contribution in [2.45, 2.75) is 38.6 Å². The summed E-state index contributed by atoms with van der Waals surface area (Å²) >= 11 is 1.16. The number of nitrogens with zero attached hydrogens (tertiary/aromatic N) is 1. The number of carbonyl (C=O) groups is 3. The lowest BCUT2D eigenvalue weighted by Crippen LogP contribution is -2.57. The normalized spacial score (nSPS) is 21.9. The summed E-state index contributed by atoms with van der Waals surface area (Å²) < 4.78 is 0. The second kappa shape index (κ2) is 5.85. The number of hydrogen-bond acceptors (Lipinski definition) is 4. The fourth-order valence-electron chi connectivity index (χ4n) is 2.50. The quantitative estimate of drug-likeness (QED) is 0.896. The van der Waals surface area contributed by atoms with Crippen LogP contribution in [-0.2, 0) is 9.59 Å². The van der Waals surface area contributed by atoms with Crippen LogP contribution in [0.5, 0.6) is 0 Å². The standard InChI is InChI=1S/C14H18N2O4S/c1-9(17)15-11-6-5-10(21-11)12(18)16-8-4-3-7-14(16,2)13(19)20/h5-6H,3-4,7-8H2,1-2H3,(H,15,17)(H,19,20). The van der Waals surface area contributed by atoms with Gasteiger partial charge in [0.25, 0.3) is 5.91 Å². The van der Waals surface area contributed by atoms with Crippen LogP contribution in [0.15, 0.2) is 12.1 Å². The van der Waals surface area contributed by atoms with E-state index in [2.05, 4.69) is 5.32 Å². The van der Waals surface area contributed by atoms with Crippen LogP contribution >= 0.6 is 11.3 Å². The van der Waals surface area contributed by atoms with E-state index in [-0.39, 0.29) is 11.8 Å². The van der Waals surface area contributed by atoms with Gasteiger partial charge in [0.05, 0.1) is 9.88 Å². The molecule has 6 nitrogen and oxygen atoms in total. The number of likely N-dealkylation sites (tertiary alicyclic amines) is 1. The highest BCUT2D eigenvalue weighted by Gasteiger charge is 2.44. The SMILES string of the molecule is CC(=O)Nc1ccc(C(=O)N2CCCCC2(C)C(=O)O)s1. The van der Waals surface area contributed by atoms with Gasteiger partial charge in [-0.25, -0.2) is 4.79 Å². The maximum absolute atomic E-state index is 12.6. The van der Waals surface area contributed by atoms with Gasteiger partial charge in [-0.05, 0) is 38.3 Å². The third-order valence-electron chi connectivity index (χ3n) is 3.71. The molecule has 0 aromatic carbocycles. The average Bonchev–Trinajstić information content (AvgIpc) is 2.86. The van der Waals surface area contributed by atoms with Crippen LogP contribution in [0, 0.1) is 0 Å². The molecule has 0 spiro atoms. The van der Waals surface area contributed by atoms with E-state index in [9.17, 15) is 19.5 Å². The van der Waals surface area contributed by atoms with E-state index in [0.717, 1.165) is 24.2 Å². The number of nitrogens with one attached hydrogen (secondary N) is 1. The molecule has 7 heteroatoms. The molecule has 1 aliphatic heterocycles. The van der Waals surface area contributed by atoms with Crippen molar-refractivity contribution in [3.63, 3.8) is 0 Å². The Morgan fingerprint density at radius 3 is 2.67 bits per heavy atom. The minimum absolute atomic E-state index is 0.204. The number of hydrogen-bond donors (Lipinski definition) is 2. The first-order valence-electron chi connectivity index (χ1n) is 6.77. The predicted octanol–water partition coefficient (Wildman–Crippen LogP) is 2.18. The summed E-state index contributed by atoms with van der Waals surface area (Å²) in [5.74, 6) is -1.47. The number of amides is 2. The number of carboxylic acids is 1. The topological polar surface area (TPSA) is 86.7 Å². The molecule has 21 heavy (non-hydrogen) atoms. The summed E-state index contributed by atoms with van der Waals surface area (Å²) in [6.07, 6.45) is 2.06. The van der Waals surface area contributed by atoms with Crippen LogP contribution in [0.1, 0.15) is 42.8 Å². The molecule has 1 unspecified atom stereocenters. The molecule has 2 amide bonds. The van der Waals surface area contributed by atoms with E-state index >= 15 is 0 Å². The molecule has 0 bridgehead atoms. The summed E-state index contributed by atoms with van der Waals surface area (Å²) in [7, 11) is 0. The van der Waals surface area contributed by atoms with Crippen molar-refractivity contribution in [3.05, 3.63) is 17.0 Å². The summed E-state index contributed by atoms with van der Waals surface area (Å²) in [4.78, 5) is 37.0. The average molecular weight is 310 g/mol. The summed E-state index contributed by atoms with van der Waals surface area (Å²) in [6.45, 7) is 3.43. The van der Waals surface area contributed by atoms with Crippen LogP contribution in [0.25, 0.3) is 0 Å². The Labute approximate surface area is 126 Å². The minimum atomic E-state index is -1.16. The zero-order chi connectivity index (χ0) is 15.6. The monoisotopic (exact) mass is 310 g/mol. The highest BCUT2D eigenvalue weighted by Crippen LogP contribution is 2.32. The molecule has 0 radical (unpaired) electrons. The van der Waals surface area contributed by atoms with Crippen molar-refractivity contribution >= 4 is 34.1 Å². The van der Waals surface area contributed by atoms with Gasteiger partial charge in [-0.3, -0.25) is 9.59 Å². The van der Waals surface area contributed by atoms with E-state index in [0.29, 0.717) is 22.8 Å². The molecule has 1 fully saturated rings. The molecule has 2 rings (SSSR count). The second-order valence-corrected chi connectivity index (χ2v) is 6.42. The van der Waals surface area contributed by atoms with Gasteiger partial charge in [0.1, 0.15) is 5.54 Å². The summed E-state index contributed by atoms with van der Waals surface area (Å²) in [5.41, 5.74) is -1.16. The third kappa shape index (κ3) is 3.07. The molecule has 2 heterocycles. The first kappa shape index (κ1) is 15.5. The highest BCUT2D eigenvalue weighted by molar-refractivity contribution is 7.18. The van der Waals surface area contributed by atoms with Crippen molar-refractivity contribution in [2.75, 3.05) is 11.9 Å². The Kier molecular flexibility index (Phi) is 4.32. The first-order chi connectivity index (χ1) is 9.84. The maximum Gasteiger partial charge on any atom is 0.329 e. The predicted molar refractivity (Wildman–Crippen MR) is 79.6 cm³/mol. The highest BCUT2D eigenvalue weighted by atomic mass is 32.1. The smallest absolute Gasteiger partial charge is 0.329 e. The van der Waals surface area contributed by atoms with Crippen LogP contribution in [0.3, 0.4) is 0 Å². The molecule has 1 aromatic heterocycles. The Morgan fingerprint density at radius 2 is 2.05 bits per heavy atom. The number of aliphatic carboxylic acids is 1. The van der Waals surface area contributed by atoms with Gasteiger partial charge in [0.15, 0.2) is 0 Å². The number of anilines is 1. The molecular formula is C14H18N2O4S. The molecule has 0 aliphatic carbocycles. The van der Waals surface area contributed by atoms with Crippen LogP contribution in [-0.4, -0.2) is 39.9 Å². The van der Waals surface area contributed by atoms with E-state index in [1.54, 1.807) is 19.1 Å².